The topological polar surface area (TPSA) is 64.9 Å². The van der Waals surface area contributed by atoms with Gasteiger partial charge in [-0.3, -0.25) is 0 Å². The summed E-state index contributed by atoms with van der Waals surface area (Å²) in [4.78, 5) is 1.52. The molecule has 1 aliphatic rings. The lowest BCUT2D eigenvalue weighted by Crippen LogP contribution is -2.41. The molecular formula is C12H23N5O. The van der Waals surface area contributed by atoms with Gasteiger partial charge in [-0.1, -0.05) is 6.92 Å². The Morgan fingerprint density at radius 3 is 2.83 bits per heavy atom. The number of rotatable bonds is 6. The van der Waals surface area contributed by atoms with Crippen molar-refractivity contribution in [1.82, 2.24) is 25.5 Å². The number of hydrogen-bond acceptors (Lipinski definition) is 5. The zero-order valence-electron chi connectivity index (χ0n) is 11.3. The Hall–Kier alpha value is -1.01. The fourth-order valence-electron chi connectivity index (χ4n) is 2.46. The number of nitrogens with zero attached hydrogens (tertiary/aromatic N) is 4. The number of nitrogens with one attached hydrogen (secondary N) is 1. The van der Waals surface area contributed by atoms with Crippen LogP contribution in [0.2, 0.25) is 0 Å². The van der Waals surface area contributed by atoms with Crippen LogP contribution in [-0.2, 0) is 18.2 Å². The maximum atomic E-state index is 5.43. The van der Waals surface area contributed by atoms with Gasteiger partial charge in [-0.25, -0.2) is 0 Å². The minimum atomic E-state index is 0.443. The lowest BCUT2D eigenvalue weighted by molar-refractivity contribution is 0.0535. The number of hydrogen-bond donors (Lipinski definition) is 1. The predicted molar refractivity (Wildman–Crippen MR) is 68.1 cm³/mol. The first-order valence-corrected chi connectivity index (χ1v) is 6.83. The molecule has 1 N–H and O–H groups in total. The predicted octanol–water partition coefficient (Wildman–Crippen LogP) is 0.547. The Morgan fingerprint density at radius 2 is 2.22 bits per heavy atom. The number of aromatic nitrogens is 4. The Balaban J connectivity index is 1.94. The van der Waals surface area contributed by atoms with Crippen molar-refractivity contribution < 1.29 is 4.74 Å². The van der Waals surface area contributed by atoms with E-state index >= 15 is 0 Å². The summed E-state index contributed by atoms with van der Waals surface area (Å²) in [5.74, 6) is 1.49. The summed E-state index contributed by atoms with van der Waals surface area (Å²) < 4.78 is 5.43. The molecular weight excluding hydrogens is 230 g/mol. The van der Waals surface area contributed by atoms with Crippen LogP contribution in [0, 0.1) is 5.92 Å². The average molecular weight is 253 g/mol. The lowest BCUT2D eigenvalue weighted by Gasteiger charge is -2.30. The summed E-state index contributed by atoms with van der Waals surface area (Å²) in [5.41, 5.74) is 0. The van der Waals surface area contributed by atoms with Crippen LogP contribution < -0.4 is 5.32 Å². The smallest absolute Gasteiger partial charge is 0.176 e. The summed E-state index contributed by atoms with van der Waals surface area (Å²) >= 11 is 0. The number of aryl methyl sites for hydroxylation is 1. The quantitative estimate of drug-likeness (QED) is 0.802. The normalized spacial score (nSPS) is 19.0. The summed E-state index contributed by atoms with van der Waals surface area (Å²) in [7, 11) is 1.80. The molecule has 1 aromatic heterocycles. The van der Waals surface area contributed by atoms with Gasteiger partial charge in [-0.15, -0.1) is 10.2 Å². The van der Waals surface area contributed by atoms with E-state index in [1.807, 2.05) is 0 Å². The minimum Gasteiger partial charge on any atom is -0.381 e. The van der Waals surface area contributed by atoms with Gasteiger partial charge in [0.15, 0.2) is 5.82 Å². The fourth-order valence-corrected chi connectivity index (χ4v) is 2.46. The van der Waals surface area contributed by atoms with Crippen LogP contribution in [0.15, 0.2) is 0 Å². The van der Waals surface area contributed by atoms with Crippen LogP contribution in [0.5, 0.6) is 0 Å². The fraction of sp³-hybridized carbons (Fsp3) is 0.917. The van der Waals surface area contributed by atoms with Crippen LogP contribution in [0.1, 0.15) is 32.0 Å². The van der Waals surface area contributed by atoms with Gasteiger partial charge in [-0.05, 0) is 36.9 Å². The maximum Gasteiger partial charge on any atom is 0.176 e. The first-order valence-electron chi connectivity index (χ1n) is 6.83. The first-order chi connectivity index (χ1) is 8.79. The second-order valence-corrected chi connectivity index (χ2v) is 4.91. The molecule has 0 aliphatic carbocycles. The van der Waals surface area contributed by atoms with Crippen LogP contribution in [0.4, 0.5) is 0 Å². The van der Waals surface area contributed by atoms with Crippen LogP contribution in [0.3, 0.4) is 0 Å². The third-order valence-corrected chi connectivity index (χ3v) is 3.44. The SMILES string of the molecule is CCCNC(Cc1nnn(C)n1)C1CCOCC1. The van der Waals surface area contributed by atoms with Crippen molar-refractivity contribution in [1.29, 1.82) is 0 Å². The van der Waals surface area contributed by atoms with E-state index in [4.69, 9.17) is 4.74 Å². The van der Waals surface area contributed by atoms with E-state index in [-0.39, 0.29) is 0 Å². The second-order valence-electron chi connectivity index (χ2n) is 4.91. The van der Waals surface area contributed by atoms with Crippen LogP contribution >= 0.6 is 0 Å². The summed E-state index contributed by atoms with van der Waals surface area (Å²) in [6, 6.07) is 0.443. The Kier molecular flexibility index (Phi) is 5.07. The van der Waals surface area contributed by atoms with E-state index in [1.54, 1.807) is 7.05 Å². The highest BCUT2D eigenvalue weighted by Crippen LogP contribution is 2.20. The minimum absolute atomic E-state index is 0.443. The molecule has 2 heterocycles. The first kappa shape index (κ1) is 13.4. The van der Waals surface area contributed by atoms with Gasteiger partial charge >= 0.3 is 0 Å². The van der Waals surface area contributed by atoms with Crippen molar-refractivity contribution >= 4 is 0 Å². The zero-order chi connectivity index (χ0) is 12.8. The molecule has 1 unspecified atom stereocenters. The molecule has 0 saturated carbocycles. The van der Waals surface area contributed by atoms with E-state index in [0.717, 1.165) is 51.3 Å². The van der Waals surface area contributed by atoms with Gasteiger partial charge in [0.25, 0.3) is 0 Å². The van der Waals surface area contributed by atoms with Crippen molar-refractivity contribution in [2.75, 3.05) is 19.8 Å². The molecule has 0 aromatic carbocycles. The van der Waals surface area contributed by atoms with Gasteiger partial charge in [0.05, 0.1) is 7.05 Å². The van der Waals surface area contributed by atoms with Crippen molar-refractivity contribution in [3.8, 4) is 0 Å². The summed E-state index contributed by atoms with van der Waals surface area (Å²) in [5, 5.41) is 15.9. The van der Waals surface area contributed by atoms with Gasteiger partial charge in [0, 0.05) is 25.7 Å². The average Bonchev–Trinajstić information content (AvgIpc) is 2.81. The molecule has 0 amide bonds. The Labute approximate surface area is 108 Å². The standard InChI is InChI=1S/C12H23N5O/c1-3-6-13-11(10-4-7-18-8-5-10)9-12-14-16-17(2)15-12/h10-11,13H,3-9H2,1-2H3. The number of tetrazole rings is 1. The third kappa shape index (κ3) is 3.74. The molecule has 6 nitrogen and oxygen atoms in total. The summed E-state index contributed by atoms with van der Waals surface area (Å²) in [6.07, 6.45) is 4.26. The molecule has 0 bridgehead atoms. The van der Waals surface area contributed by atoms with Gasteiger partial charge in [-0.2, -0.15) is 4.80 Å². The number of ether oxygens (including phenoxy) is 1. The maximum absolute atomic E-state index is 5.43. The highest BCUT2D eigenvalue weighted by molar-refractivity contribution is 4.89. The van der Waals surface area contributed by atoms with Crippen molar-refractivity contribution in [3.05, 3.63) is 5.82 Å². The molecule has 1 saturated heterocycles. The van der Waals surface area contributed by atoms with Gasteiger partial charge in [0.1, 0.15) is 0 Å². The molecule has 18 heavy (non-hydrogen) atoms. The van der Waals surface area contributed by atoms with E-state index in [0.29, 0.717) is 12.0 Å². The lowest BCUT2D eigenvalue weighted by atomic mass is 9.89. The van der Waals surface area contributed by atoms with Gasteiger partial charge in [0.2, 0.25) is 0 Å². The van der Waals surface area contributed by atoms with Gasteiger partial charge < -0.3 is 10.1 Å². The largest absolute Gasteiger partial charge is 0.381 e. The van der Waals surface area contributed by atoms with E-state index in [2.05, 4.69) is 27.7 Å². The molecule has 1 aliphatic heterocycles. The molecule has 1 atom stereocenters. The molecule has 1 aromatic rings. The molecule has 2 rings (SSSR count). The van der Waals surface area contributed by atoms with E-state index in [9.17, 15) is 0 Å². The molecule has 0 spiro atoms. The zero-order valence-corrected chi connectivity index (χ0v) is 11.3. The summed E-state index contributed by atoms with van der Waals surface area (Å²) in [6.45, 7) is 4.99. The van der Waals surface area contributed by atoms with E-state index < -0.39 is 0 Å². The van der Waals surface area contributed by atoms with Crippen LogP contribution in [-0.4, -0.2) is 46.0 Å². The third-order valence-electron chi connectivity index (χ3n) is 3.44. The Bertz CT molecular complexity index is 348. The van der Waals surface area contributed by atoms with E-state index in [1.165, 1.54) is 4.80 Å². The molecule has 6 heteroatoms. The van der Waals surface area contributed by atoms with Crippen molar-refractivity contribution in [3.63, 3.8) is 0 Å². The molecule has 1 fully saturated rings. The monoisotopic (exact) mass is 253 g/mol. The van der Waals surface area contributed by atoms with Crippen molar-refractivity contribution in [2.45, 2.75) is 38.6 Å². The molecule has 102 valence electrons. The highest BCUT2D eigenvalue weighted by atomic mass is 16.5. The Morgan fingerprint density at radius 1 is 1.44 bits per heavy atom. The van der Waals surface area contributed by atoms with Crippen molar-refractivity contribution in [2.24, 2.45) is 13.0 Å². The molecule has 0 radical (unpaired) electrons. The second kappa shape index (κ2) is 6.80. The highest BCUT2D eigenvalue weighted by Gasteiger charge is 2.25. The van der Waals surface area contributed by atoms with Crippen LogP contribution in [0.25, 0.3) is 0 Å².